The summed E-state index contributed by atoms with van der Waals surface area (Å²) in [6.45, 7) is 6.05. The van der Waals surface area contributed by atoms with Gasteiger partial charge in [-0.1, -0.05) is 0 Å². The van der Waals surface area contributed by atoms with Gasteiger partial charge in [0, 0.05) is 65.5 Å². The van der Waals surface area contributed by atoms with E-state index >= 15 is 0 Å². The van der Waals surface area contributed by atoms with E-state index in [4.69, 9.17) is 4.74 Å². The standard InChI is InChI=1S/C18H32N6O/c1-19-18(20-12-17-5-4-7-23(17)9-10-25-3)24-8-6-15(14-24)16-11-21-22(2)13-16/h11,13,15,17H,4-10,12,14H2,1-3H3,(H,19,20). The first-order valence-corrected chi connectivity index (χ1v) is 9.38. The van der Waals surface area contributed by atoms with E-state index < -0.39 is 0 Å². The van der Waals surface area contributed by atoms with E-state index in [9.17, 15) is 0 Å². The van der Waals surface area contributed by atoms with Crippen LogP contribution in [0, 0.1) is 0 Å². The monoisotopic (exact) mass is 348 g/mol. The van der Waals surface area contributed by atoms with Crippen LogP contribution < -0.4 is 5.32 Å². The molecule has 0 aliphatic carbocycles. The van der Waals surface area contributed by atoms with Gasteiger partial charge in [0.25, 0.3) is 0 Å². The third-order valence-electron chi connectivity index (χ3n) is 5.47. The highest BCUT2D eigenvalue weighted by atomic mass is 16.5. The maximum atomic E-state index is 5.23. The molecule has 2 aliphatic rings. The van der Waals surface area contributed by atoms with E-state index in [0.717, 1.165) is 45.2 Å². The molecular weight excluding hydrogens is 316 g/mol. The van der Waals surface area contributed by atoms with E-state index in [1.807, 2.05) is 25.0 Å². The number of hydrogen-bond acceptors (Lipinski definition) is 4. The molecule has 0 spiro atoms. The average Bonchev–Trinajstić information content (AvgIpc) is 3.34. The zero-order valence-electron chi connectivity index (χ0n) is 15.8. The van der Waals surface area contributed by atoms with Crippen LogP contribution in [-0.2, 0) is 11.8 Å². The second-order valence-electron chi connectivity index (χ2n) is 7.13. The van der Waals surface area contributed by atoms with Crippen molar-refractivity contribution >= 4 is 5.96 Å². The second kappa shape index (κ2) is 8.67. The summed E-state index contributed by atoms with van der Waals surface area (Å²) in [5, 5.41) is 7.92. The fraction of sp³-hybridized carbons (Fsp3) is 0.778. The van der Waals surface area contributed by atoms with Crippen LogP contribution >= 0.6 is 0 Å². The molecule has 1 aromatic heterocycles. The van der Waals surface area contributed by atoms with Crippen molar-refractivity contribution in [1.29, 1.82) is 0 Å². The van der Waals surface area contributed by atoms with Crippen molar-refractivity contribution in [2.45, 2.75) is 31.2 Å². The van der Waals surface area contributed by atoms with Crippen LogP contribution in [0.1, 0.15) is 30.7 Å². The Labute approximate surface area is 151 Å². The minimum absolute atomic E-state index is 0.553. The van der Waals surface area contributed by atoms with Crippen molar-refractivity contribution in [1.82, 2.24) is 24.9 Å². The number of nitrogens with one attached hydrogen (secondary N) is 1. The number of methoxy groups -OCH3 is 1. The zero-order chi connectivity index (χ0) is 17.6. The van der Waals surface area contributed by atoms with Gasteiger partial charge in [0.1, 0.15) is 0 Å². The summed E-state index contributed by atoms with van der Waals surface area (Å²) >= 11 is 0. The van der Waals surface area contributed by atoms with E-state index in [1.165, 1.54) is 24.9 Å². The Morgan fingerprint density at radius 3 is 3.00 bits per heavy atom. The van der Waals surface area contributed by atoms with Gasteiger partial charge in [-0.3, -0.25) is 14.6 Å². The predicted octanol–water partition coefficient (Wildman–Crippen LogP) is 0.896. The Morgan fingerprint density at radius 2 is 2.28 bits per heavy atom. The molecule has 2 aliphatic heterocycles. The van der Waals surface area contributed by atoms with Crippen LogP contribution in [0.15, 0.2) is 17.4 Å². The van der Waals surface area contributed by atoms with Crippen LogP contribution in [0.3, 0.4) is 0 Å². The number of nitrogens with zero attached hydrogens (tertiary/aromatic N) is 5. The van der Waals surface area contributed by atoms with Crippen molar-refractivity contribution in [3.8, 4) is 0 Å². The Morgan fingerprint density at radius 1 is 1.40 bits per heavy atom. The van der Waals surface area contributed by atoms with Crippen LogP contribution in [0.5, 0.6) is 0 Å². The minimum atomic E-state index is 0.553. The molecule has 3 rings (SSSR count). The third kappa shape index (κ3) is 4.52. The van der Waals surface area contributed by atoms with Crippen LogP contribution in [0.25, 0.3) is 0 Å². The van der Waals surface area contributed by atoms with Gasteiger partial charge in [0.05, 0.1) is 12.8 Å². The summed E-state index contributed by atoms with van der Waals surface area (Å²) in [7, 11) is 5.64. The van der Waals surface area contributed by atoms with Gasteiger partial charge < -0.3 is 15.0 Å². The first-order chi connectivity index (χ1) is 12.2. The van der Waals surface area contributed by atoms with Gasteiger partial charge >= 0.3 is 0 Å². The summed E-state index contributed by atoms with van der Waals surface area (Å²) in [5.41, 5.74) is 1.34. The molecule has 2 saturated heterocycles. The summed E-state index contributed by atoms with van der Waals surface area (Å²) in [5.74, 6) is 1.59. The molecule has 140 valence electrons. The number of likely N-dealkylation sites (tertiary alicyclic amines) is 2. The first-order valence-electron chi connectivity index (χ1n) is 9.38. The highest BCUT2D eigenvalue weighted by Gasteiger charge is 2.28. The largest absolute Gasteiger partial charge is 0.383 e. The number of aromatic nitrogens is 2. The molecule has 0 amide bonds. The van der Waals surface area contributed by atoms with Crippen molar-refractivity contribution < 1.29 is 4.74 Å². The molecule has 0 radical (unpaired) electrons. The Bertz CT molecular complexity index is 572. The lowest BCUT2D eigenvalue weighted by Crippen LogP contribution is -2.46. The molecule has 1 N–H and O–H groups in total. The number of guanidine groups is 1. The minimum Gasteiger partial charge on any atom is -0.383 e. The lowest BCUT2D eigenvalue weighted by atomic mass is 10.0. The van der Waals surface area contributed by atoms with Crippen molar-refractivity contribution in [3.05, 3.63) is 18.0 Å². The third-order valence-corrected chi connectivity index (χ3v) is 5.47. The lowest BCUT2D eigenvalue weighted by molar-refractivity contribution is 0.141. The van der Waals surface area contributed by atoms with Crippen LogP contribution in [-0.4, -0.2) is 85.1 Å². The summed E-state index contributed by atoms with van der Waals surface area (Å²) in [6, 6.07) is 0.587. The molecule has 0 saturated carbocycles. The molecule has 2 fully saturated rings. The second-order valence-corrected chi connectivity index (χ2v) is 7.13. The van der Waals surface area contributed by atoms with Gasteiger partial charge in [-0.2, -0.15) is 5.10 Å². The van der Waals surface area contributed by atoms with Gasteiger partial charge in [0.2, 0.25) is 0 Å². The number of hydrogen-bond donors (Lipinski definition) is 1. The number of aryl methyl sites for hydroxylation is 1. The smallest absolute Gasteiger partial charge is 0.193 e. The van der Waals surface area contributed by atoms with E-state index in [2.05, 4.69) is 31.4 Å². The number of ether oxygens (including phenoxy) is 1. The SMILES string of the molecule is CN=C(NCC1CCCN1CCOC)N1CCC(c2cnn(C)c2)C1. The fourth-order valence-electron chi connectivity index (χ4n) is 4.05. The summed E-state index contributed by atoms with van der Waals surface area (Å²) in [4.78, 5) is 9.43. The maximum absolute atomic E-state index is 5.23. The molecule has 0 aromatic carbocycles. The van der Waals surface area contributed by atoms with E-state index in [-0.39, 0.29) is 0 Å². The highest BCUT2D eigenvalue weighted by Crippen LogP contribution is 2.26. The zero-order valence-corrected chi connectivity index (χ0v) is 15.8. The Balaban J connectivity index is 1.50. The molecule has 2 atom stereocenters. The van der Waals surface area contributed by atoms with Crippen LogP contribution in [0.4, 0.5) is 0 Å². The van der Waals surface area contributed by atoms with Crippen molar-refractivity contribution in [2.75, 3.05) is 53.5 Å². The predicted molar refractivity (Wildman–Crippen MR) is 100.0 cm³/mol. The van der Waals surface area contributed by atoms with Crippen molar-refractivity contribution in [2.24, 2.45) is 12.0 Å². The van der Waals surface area contributed by atoms with E-state index in [1.54, 1.807) is 7.11 Å². The Hall–Kier alpha value is -1.60. The lowest BCUT2D eigenvalue weighted by Gasteiger charge is -2.27. The maximum Gasteiger partial charge on any atom is 0.193 e. The Kier molecular flexibility index (Phi) is 6.31. The summed E-state index contributed by atoms with van der Waals surface area (Å²) in [6.07, 6.45) is 7.83. The summed E-state index contributed by atoms with van der Waals surface area (Å²) < 4.78 is 7.12. The molecule has 7 heteroatoms. The van der Waals surface area contributed by atoms with Gasteiger partial charge in [0.15, 0.2) is 5.96 Å². The molecule has 2 unspecified atom stereocenters. The average molecular weight is 348 g/mol. The molecule has 25 heavy (non-hydrogen) atoms. The van der Waals surface area contributed by atoms with Crippen LogP contribution in [0.2, 0.25) is 0 Å². The number of aliphatic imine (C=N–C) groups is 1. The van der Waals surface area contributed by atoms with E-state index in [0.29, 0.717) is 12.0 Å². The first kappa shape index (κ1) is 18.2. The number of rotatable bonds is 6. The molecule has 7 nitrogen and oxygen atoms in total. The molecule has 1 aromatic rings. The molecular formula is C18H32N6O. The fourth-order valence-corrected chi connectivity index (χ4v) is 4.05. The highest BCUT2D eigenvalue weighted by molar-refractivity contribution is 5.80. The van der Waals surface area contributed by atoms with Gasteiger partial charge in [-0.15, -0.1) is 0 Å². The van der Waals surface area contributed by atoms with Crippen molar-refractivity contribution in [3.63, 3.8) is 0 Å². The quantitative estimate of drug-likeness (QED) is 0.611. The van der Waals surface area contributed by atoms with Gasteiger partial charge in [-0.05, 0) is 31.4 Å². The topological polar surface area (TPSA) is 57.9 Å². The van der Waals surface area contributed by atoms with Gasteiger partial charge in [-0.25, -0.2) is 0 Å². The molecule has 0 bridgehead atoms. The molecule has 3 heterocycles. The normalized spacial score (nSPS) is 25.1.